The average molecular weight is 220 g/mol. The number of rotatable bonds is 3. The minimum Gasteiger partial charge on any atom is -0.344 e. The minimum absolute atomic E-state index is 0.340. The fraction of sp³-hybridized carbons (Fsp3) is 0.273. The largest absolute Gasteiger partial charge is 0.344 e. The van der Waals surface area contributed by atoms with Gasteiger partial charge in [0.05, 0.1) is 18.4 Å². The molecule has 2 rings (SSSR count). The predicted octanol–water partition coefficient (Wildman–Crippen LogP) is 1.64. The Kier molecular flexibility index (Phi) is 2.96. The van der Waals surface area contributed by atoms with Crippen molar-refractivity contribution in [1.82, 2.24) is 20.3 Å². The van der Waals surface area contributed by atoms with E-state index in [0.29, 0.717) is 12.2 Å². The van der Waals surface area contributed by atoms with Gasteiger partial charge in [-0.1, -0.05) is 0 Å². The lowest BCUT2D eigenvalue weighted by atomic mass is 10.2. The number of aromatic nitrogens is 3. The van der Waals surface area contributed by atoms with Gasteiger partial charge in [-0.2, -0.15) is 0 Å². The Morgan fingerprint density at radius 2 is 2.25 bits per heavy atom. The van der Waals surface area contributed by atoms with E-state index >= 15 is 0 Å². The first-order chi connectivity index (χ1) is 7.70. The summed E-state index contributed by atoms with van der Waals surface area (Å²) < 4.78 is 12.7. The summed E-state index contributed by atoms with van der Waals surface area (Å²) in [6, 6.07) is 3.01. The summed E-state index contributed by atoms with van der Waals surface area (Å²) in [7, 11) is 1.85. The van der Waals surface area contributed by atoms with Gasteiger partial charge in [0, 0.05) is 5.69 Å². The molecule has 2 aromatic rings. The number of pyridine rings is 1. The van der Waals surface area contributed by atoms with Crippen LogP contribution in [0.15, 0.2) is 18.3 Å². The molecule has 4 nitrogen and oxygen atoms in total. The van der Waals surface area contributed by atoms with Crippen LogP contribution in [0.1, 0.15) is 11.5 Å². The van der Waals surface area contributed by atoms with Crippen LogP contribution in [0.4, 0.5) is 4.39 Å². The van der Waals surface area contributed by atoms with E-state index < -0.39 is 0 Å². The van der Waals surface area contributed by atoms with Gasteiger partial charge in [0.1, 0.15) is 17.3 Å². The highest BCUT2D eigenvalue weighted by Crippen LogP contribution is 2.18. The average Bonchev–Trinajstić information content (AvgIpc) is 2.61. The molecule has 0 aromatic carbocycles. The van der Waals surface area contributed by atoms with Crippen LogP contribution in [-0.2, 0) is 6.54 Å². The van der Waals surface area contributed by atoms with Gasteiger partial charge < -0.3 is 10.3 Å². The van der Waals surface area contributed by atoms with Gasteiger partial charge in [-0.3, -0.25) is 4.98 Å². The second-order valence-electron chi connectivity index (χ2n) is 3.55. The van der Waals surface area contributed by atoms with Crippen molar-refractivity contribution in [2.45, 2.75) is 13.5 Å². The van der Waals surface area contributed by atoms with Crippen molar-refractivity contribution in [3.63, 3.8) is 0 Å². The molecular formula is C11H13FN4. The van der Waals surface area contributed by atoms with Crippen LogP contribution in [0.5, 0.6) is 0 Å². The molecule has 0 bridgehead atoms. The van der Waals surface area contributed by atoms with Crippen molar-refractivity contribution in [3.05, 3.63) is 35.7 Å². The van der Waals surface area contributed by atoms with Gasteiger partial charge >= 0.3 is 0 Å². The van der Waals surface area contributed by atoms with Crippen LogP contribution in [0.25, 0.3) is 11.4 Å². The highest BCUT2D eigenvalue weighted by atomic mass is 19.1. The second-order valence-corrected chi connectivity index (χ2v) is 3.55. The normalized spacial score (nSPS) is 10.7. The minimum atomic E-state index is -0.340. The van der Waals surface area contributed by atoms with E-state index in [2.05, 4.69) is 20.3 Å². The second kappa shape index (κ2) is 4.40. The van der Waals surface area contributed by atoms with Crippen molar-refractivity contribution >= 4 is 0 Å². The van der Waals surface area contributed by atoms with Crippen molar-refractivity contribution in [2.75, 3.05) is 7.05 Å². The number of aromatic amines is 1. The van der Waals surface area contributed by atoms with E-state index in [0.717, 1.165) is 17.2 Å². The van der Waals surface area contributed by atoms with Crippen molar-refractivity contribution in [2.24, 2.45) is 0 Å². The monoisotopic (exact) mass is 220 g/mol. The first-order valence-electron chi connectivity index (χ1n) is 5.02. The Bertz CT molecular complexity index is 475. The van der Waals surface area contributed by atoms with Crippen LogP contribution in [-0.4, -0.2) is 22.0 Å². The Balaban J connectivity index is 2.36. The Morgan fingerprint density at radius 1 is 1.44 bits per heavy atom. The predicted molar refractivity (Wildman–Crippen MR) is 59.3 cm³/mol. The molecule has 2 heterocycles. The summed E-state index contributed by atoms with van der Waals surface area (Å²) in [6.45, 7) is 2.59. The quantitative estimate of drug-likeness (QED) is 0.826. The Morgan fingerprint density at radius 3 is 2.88 bits per heavy atom. The SMILES string of the molecule is CNCc1nc(-c2ccc(F)cn2)c(C)[nH]1. The molecule has 0 radical (unpaired) electrons. The van der Waals surface area contributed by atoms with Crippen LogP contribution >= 0.6 is 0 Å². The fourth-order valence-corrected chi connectivity index (χ4v) is 1.54. The van der Waals surface area contributed by atoms with E-state index in [1.54, 1.807) is 6.07 Å². The molecule has 84 valence electrons. The lowest BCUT2D eigenvalue weighted by molar-refractivity contribution is 0.622. The third-order valence-electron chi connectivity index (χ3n) is 2.25. The number of imidazole rings is 1. The van der Waals surface area contributed by atoms with Crippen LogP contribution in [0.3, 0.4) is 0 Å². The summed E-state index contributed by atoms with van der Waals surface area (Å²) in [5, 5.41) is 3.01. The zero-order valence-electron chi connectivity index (χ0n) is 9.21. The zero-order chi connectivity index (χ0) is 11.5. The number of nitrogens with one attached hydrogen (secondary N) is 2. The van der Waals surface area contributed by atoms with Crippen LogP contribution in [0.2, 0.25) is 0 Å². The maximum Gasteiger partial charge on any atom is 0.141 e. The lowest BCUT2D eigenvalue weighted by Gasteiger charge is -1.96. The Labute approximate surface area is 92.9 Å². The van der Waals surface area contributed by atoms with Crippen molar-refractivity contribution < 1.29 is 4.39 Å². The molecule has 2 N–H and O–H groups in total. The van der Waals surface area contributed by atoms with E-state index in [-0.39, 0.29) is 5.82 Å². The number of hydrogen-bond donors (Lipinski definition) is 2. The molecule has 0 atom stereocenters. The third-order valence-corrected chi connectivity index (χ3v) is 2.25. The Hall–Kier alpha value is -1.75. The van der Waals surface area contributed by atoms with E-state index in [1.165, 1.54) is 12.3 Å². The smallest absolute Gasteiger partial charge is 0.141 e. The molecule has 0 fully saturated rings. The molecular weight excluding hydrogens is 207 g/mol. The number of H-pyrrole nitrogens is 1. The van der Waals surface area contributed by atoms with Crippen LogP contribution in [0, 0.1) is 12.7 Å². The zero-order valence-corrected chi connectivity index (χ0v) is 9.21. The fourth-order valence-electron chi connectivity index (χ4n) is 1.54. The maximum atomic E-state index is 12.7. The molecule has 2 aromatic heterocycles. The number of hydrogen-bond acceptors (Lipinski definition) is 3. The summed E-state index contributed by atoms with van der Waals surface area (Å²) in [4.78, 5) is 11.6. The van der Waals surface area contributed by atoms with E-state index in [9.17, 15) is 4.39 Å². The molecule has 0 saturated heterocycles. The highest BCUT2D eigenvalue weighted by molar-refractivity contribution is 5.56. The summed E-state index contributed by atoms with van der Waals surface area (Å²) in [5.74, 6) is 0.508. The molecule has 0 aliphatic heterocycles. The van der Waals surface area contributed by atoms with Gasteiger partial charge in [0.15, 0.2) is 0 Å². The third kappa shape index (κ3) is 2.09. The maximum absolute atomic E-state index is 12.7. The molecule has 0 saturated carbocycles. The van der Waals surface area contributed by atoms with Crippen molar-refractivity contribution in [3.8, 4) is 11.4 Å². The van der Waals surface area contributed by atoms with Gasteiger partial charge in [-0.25, -0.2) is 9.37 Å². The molecule has 0 amide bonds. The molecule has 5 heteroatoms. The first-order valence-corrected chi connectivity index (χ1v) is 5.02. The van der Waals surface area contributed by atoms with Gasteiger partial charge in [-0.05, 0) is 26.1 Å². The first kappa shape index (κ1) is 10.8. The van der Waals surface area contributed by atoms with Crippen molar-refractivity contribution in [1.29, 1.82) is 0 Å². The molecule has 0 aliphatic carbocycles. The topological polar surface area (TPSA) is 53.6 Å². The molecule has 16 heavy (non-hydrogen) atoms. The molecule has 0 aliphatic rings. The number of nitrogens with zero attached hydrogens (tertiary/aromatic N) is 2. The van der Waals surface area contributed by atoms with Gasteiger partial charge in [0.25, 0.3) is 0 Å². The molecule has 0 unspecified atom stereocenters. The number of aryl methyl sites for hydroxylation is 1. The summed E-state index contributed by atoms with van der Waals surface area (Å²) in [6.07, 6.45) is 1.20. The van der Waals surface area contributed by atoms with Crippen LogP contribution < -0.4 is 5.32 Å². The van der Waals surface area contributed by atoms with E-state index in [4.69, 9.17) is 0 Å². The summed E-state index contributed by atoms with van der Waals surface area (Å²) in [5.41, 5.74) is 2.38. The van der Waals surface area contributed by atoms with Gasteiger partial charge in [0.2, 0.25) is 0 Å². The number of halogens is 1. The highest BCUT2D eigenvalue weighted by Gasteiger charge is 2.09. The lowest BCUT2D eigenvalue weighted by Crippen LogP contribution is -2.06. The summed E-state index contributed by atoms with van der Waals surface area (Å²) >= 11 is 0. The standard InChI is InChI=1S/C11H13FN4/c1-7-11(16-10(15-7)6-13-2)9-4-3-8(12)5-14-9/h3-5,13H,6H2,1-2H3,(H,15,16). The van der Waals surface area contributed by atoms with Gasteiger partial charge in [-0.15, -0.1) is 0 Å². The van der Waals surface area contributed by atoms with E-state index in [1.807, 2.05) is 14.0 Å². The molecule has 0 spiro atoms.